The lowest BCUT2D eigenvalue weighted by Crippen LogP contribution is -2.50. The molecule has 2 aromatic rings. The van der Waals surface area contributed by atoms with Crippen LogP contribution in [-0.4, -0.2) is 59.2 Å². The Morgan fingerprint density at radius 1 is 0.957 bits per heavy atom. The summed E-state index contributed by atoms with van der Waals surface area (Å²) in [6.07, 6.45) is 2.35. The molecule has 0 saturated carbocycles. The maximum absolute atomic E-state index is 14.4. The van der Waals surface area contributed by atoms with Crippen LogP contribution in [0.3, 0.4) is 0 Å². The zero-order valence-corrected chi connectivity index (χ0v) is 32.0. The fourth-order valence-corrected chi connectivity index (χ4v) is 12.6. The predicted molar refractivity (Wildman–Crippen MR) is 190 cm³/mol. The number of hydrogen-bond acceptors (Lipinski definition) is 7. The first-order valence-electron chi connectivity index (χ1n) is 16.2. The Morgan fingerprint density at radius 3 is 1.98 bits per heavy atom. The summed E-state index contributed by atoms with van der Waals surface area (Å²) in [6.45, 7) is 24.1. The van der Waals surface area contributed by atoms with Gasteiger partial charge in [-0.1, -0.05) is 74.4 Å². The predicted octanol–water partition coefficient (Wildman–Crippen LogP) is 9.44. The summed E-state index contributed by atoms with van der Waals surface area (Å²) in [7, 11) is -1.52. The number of ether oxygens (including phenoxy) is 2. The Morgan fingerprint density at radius 2 is 1.52 bits per heavy atom. The van der Waals surface area contributed by atoms with Crippen LogP contribution in [0.4, 0.5) is 5.69 Å². The van der Waals surface area contributed by atoms with Crippen molar-refractivity contribution in [1.29, 1.82) is 0 Å². The third kappa shape index (κ3) is 7.52. The maximum atomic E-state index is 14.4. The third-order valence-corrected chi connectivity index (χ3v) is 20.5. The lowest BCUT2D eigenvalue weighted by molar-refractivity contribution is -0.385. The number of nitro groups is 1. The number of methoxy groups -OCH3 is 2. The molecule has 9 nitrogen and oxygen atoms in total. The SMILES string of the molecule is COc1ccc(C2=CN(C(=O)c3cc(OC)c(O[Si](C(C)C)(C(C)C)C(C)C)cc3[N+](=O)[O-])[C@H](CO[Si](C)(C)C(C)(C)C)C2)cc1. The number of amides is 1. The van der Waals surface area contributed by atoms with Crippen LogP contribution in [-0.2, 0) is 4.43 Å². The highest BCUT2D eigenvalue weighted by Crippen LogP contribution is 2.47. The minimum absolute atomic E-state index is 0.0187. The zero-order chi connectivity index (χ0) is 34.8. The molecular formula is C35H54N2O7Si2. The third-order valence-electron chi connectivity index (χ3n) is 9.98. The Bertz CT molecular complexity index is 1410. The van der Waals surface area contributed by atoms with Gasteiger partial charge in [0.2, 0.25) is 0 Å². The average molecular weight is 671 g/mol. The van der Waals surface area contributed by atoms with Crippen LogP contribution >= 0.6 is 0 Å². The standard InChI is InChI=1S/C35H54N2O7Si2/c1-23(2)46(24(3)4,25(5)6)44-33-20-31(37(39)40)30(19-32(33)42-11)34(38)36-21-27(26-14-16-29(41-10)17-15-26)18-28(36)22-43-45(12,13)35(7,8)9/h14-17,19-21,23-25,28H,18,22H2,1-13H3/t28-/m0/s1. The number of carbonyl (C=O) groups excluding carboxylic acids is 1. The van der Waals surface area contributed by atoms with Crippen LogP contribution in [0.2, 0.25) is 34.8 Å². The summed E-state index contributed by atoms with van der Waals surface area (Å²) in [4.78, 5) is 28.1. The molecular weight excluding hydrogens is 617 g/mol. The van der Waals surface area contributed by atoms with E-state index in [1.54, 1.807) is 18.2 Å². The van der Waals surface area contributed by atoms with Crippen LogP contribution < -0.4 is 13.9 Å². The van der Waals surface area contributed by atoms with E-state index in [9.17, 15) is 14.9 Å². The number of nitrogens with zero attached hydrogens (tertiary/aromatic N) is 2. The van der Waals surface area contributed by atoms with Crippen LogP contribution in [0.25, 0.3) is 5.57 Å². The van der Waals surface area contributed by atoms with Crippen LogP contribution in [0.5, 0.6) is 17.2 Å². The van der Waals surface area contributed by atoms with E-state index in [0.29, 0.717) is 24.5 Å². The summed E-state index contributed by atoms with van der Waals surface area (Å²) in [5.41, 5.74) is 2.25. The largest absolute Gasteiger partial charge is 0.540 e. The van der Waals surface area contributed by atoms with Gasteiger partial charge in [-0.15, -0.1) is 0 Å². The van der Waals surface area contributed by atoms with Crippen LogP contribution in [0, 0.1) is 10.1 Å². The molecule has 1 atom stereocenters. The summed E-state index contributed by atoms with van der Waals surface area (Å²) in [5, 5.41) is 12.5. The number of benzene rings is 2. The van der Waals surface area contributed by atoms with Crippen molar-refractivity contribution >= 4 is 33.8 Å². The van der Waals surface area contributed by atoms with Gasteiger partial charge in [-0.25, -0.2) is 0 Å². The van der Waals surface area contributed by atoms with Crippen molar-refractivity contribution in [2.45, 2.75) is 110 Å². The number of rotatable bonds is 13. The zero-order valence-electron chi connectivity index (χ0n) is 30.0. The van der Waals surface area contributed by atoms with Crippen molar-refractivity contribution in [1.82, 2.24) is 4.90 Å². The molecule has 3 rings (SSSR count). The molecule has 254 valence electrons. The lowest BCUT2D eigenvalue weighted by Gasteiger charge is -2.42. The van der Waals surface area contributed by atoms with Gasteiger partial charge in [-0.2, -0.15) is 0 Å². The molecule has 0 saturated heterocycles. The second-order valence-corrected chi connectivity index (χ2v) is 24.9. The quantitative estimate of drug-likeness (QED) is 0.119. The molecule has 2 aromatic carbocycles. The molecule has 0 N–H and O–H groups in total. The van der Waals surface area contributed by atoms with Crippen LogP contribution in [0.15, 0.2) is 42.6 Å². The molecule has 1 heterocycles. The van der Waals surface area contributed by atoms with E-state index in [4.69, 9.17) is 18.3 Å². The fraction of sp³-hybridized carbons (Fsp3) is 0.571. The molecule has 1 aliphatic heterocycles. The highest BCUT2D eigenvalue weighted by Gasteiger charge is 2.48. The van der Waals surface area contributed by atoms with Crippen LogP contribution in [0.1, 0.15) is 84.7 Å². The highest BCUT2D eigenvalue weighted by molar-refractivity contribution is 6.78. The first kappa shape index (κ1) is 37.3. The second-order valence-electron chi connectivity index (χ2n) is 14.7. The van der Waals surface area contributed by atoms with E-state index in [0.717, 1.165) is 16.9 Å². The van der Waals surface area contributed by atoms with E-state index < -0.39 is 27.5 Å². The monoisotopic (exact) mass is 670 g/mol. The average Bonchev–Trinajstić information content (AvgIpc) is 3.41. The fourth-order valence-electron chi connectivity index (χ4n) is 6.35. The van der Waals surface area contributed by atoms with Gasteiger partial charge in [0.05, 0.1) is 37.9 Å². The van der Waals surface area contributed by atoms with Gasteiger partial charge in [-0.05, 0) is 64.4 Å². The van der Waals surface area contributed by atoms with Gasteiger partial charge in [0.25, 0.3) is 19.9 Å². The van der Waals surface area contributed by atoms with E-state index >= 15 is 0 Å². The molecule has 1 aliphatic rings. The molecule has 0 radical (unpaired) electrons. The Labute approximate surface area is 277 Å². The van der Waals surface area contributed by atoms with Gasteiger partial charge < -0.3 is 23.2 Å². The Hall–Kier alpha value is -3.16. The summed E-state index contributed by atoms with van der Waals surface area (Å²) < 4.78 is 24.5. The number of hydrogen-bond donors (Lipinski definition) is 0. The molecule has 0 fully saturated rings. The van der Waals surface area contributed by atoms with Gasteiger partial charge in [0.1, 0.15) is 11.3 Å². The molecule has 0 unspecified atom stereocenters. The second kappa shape index (κ2) is 14.3. The summed E-state index contributed by atoms with van der Waals surface area (Å²) in [5.74, 6) is 0.865. The van der Waals surface area contributed by atoms with Gasteiger partial charge in [0, 0.05) is 12.3 Å². The molecule has 1 amide bonds. The normalized spacial score (nSPS) is 15.9. The Kier molecular flexibility index (Phi) is 11.6. The van der Waals surface area contributed by atoms with Crippen molar-refractivity contribution in [3.63, 3.8) is 0 Å². The van der Waals surface area contributed by atoms with Crippen molar-refractivity contribution < 1.29 is 28.0 Å². The summed E-state index contributed by atoms with van der Waals surface area (Å²) >= 11 is 0. The van der Waals surface area contributed by atoms with Crippen molar-refractivity contribution in [3.05, 3.63) is 63.8 Å². The van der Waals surface area contributed by atoms with E-state index in [1.165, 1.54) is 19.2 Å². The summed E-state index contributed by atoms with van der Waals surface area (Å²) in [6, 6.07) is 10.2. The van der Waals surface area contributed by atoms with Crippen molar-refractivity contribution in [2.24, 2.45) is 0 Å². The van der Waals surface area contributed by atoms with Crippen molar-refractivity contribution in [3.8, 4) is 17.2 Å². The van der Waals surface area contributed by atoms with E-state index in [2.05, 4.69) is 75.4 Å². The smallest absolute Gasteiger partial charge is 0.286 e. The van der Waals surface area contributed by atoms with E-state index in [1.807, 2.05) is 24.3 Å². The first-order chi connectivity index (χ1) is 21.3. The molecule has 0 spiro atoms. The molecule has 0 aliphatic carbocycles. The first-order valence-corrected chi connectivity index (χ1v) is 21.2. The van der Waals surface area contributed by atoms with E-state index in [-0.39, 0.29) is 39.0 Å². The van der Waals surface area contributed by atoms with Gasteiger partial charge >= 0.3 is 0 Å². The lowest BCUT2D eigenvalue weighted by atomic mass is 10.0. The molecule has 11 heteroatoms. The Balaban J connectivity index is 2.13. The number of nitro benzene ring substituents is 1. The topological polar surface area (TPSA) is 100 Å². The molecule has 0 aromatic heterocycles. The minimum Gasteiger partial charge on any atom is -0.540 e. The molecule has 46 heavy (non-hydrogen) atoms. The minimum atomic E-state index is -2.48. The number of carbonyl (C=O) groups is 1. The van der Waals surface area contributed by atoms with Crippen molar-refractivity contribution in [2.75, 3.05) is 20.8 Å². The van der Waals surface area contributed by atoms with Gasteiger partial charge in [-0.3, -0.25) is 14.9 Å². The highest BCUT2D eigenvalue weighted by atomic mass is 28.4. The van der Waals surface area contributed by atoms with Gasteiger partial charge in [0.15, 0.2) is 19.8 Å². The molecule has 0 bridgehead atoms. The maximum Gasteiger partial charge on any atom is 0.286 e.